The predicted octanol–water partition coefficient (Wildman–Crippen LogP) is 2.72. The van der Waals surface area contributed by atoms with Gasteiger partial charge in [-0.3, -0.25) is 0 Å². The third-order valence-electron chi connectivity index (χ3n) is 3.74. The fourth-order valence-corrected chi connectivity index (χ4v) is 2.76. The van der Waals surface area contributed by atoms with E-state index in [1.165, 1.54) is 6.07 Å². The van der Waals surface area contributed by atoms with Crippen LogP contribution in [0.25, 0.3) is 11.1 Å². The van der Waals surface area contributed by atoms with Crippen molar-refractivity contribution in [3.8, 4) is 17.0 Å². The van der Waals surface area contributed by atoms with Crippen LogP contribution in [0.4, 0.5) is 4.39 Å². The average molecular weight is 298 g/mol. The first kappa shape index (κ1) is 13.1. The first-order valence-electron chi connectivity index (χ1n) is 7.24. The van der Waals surface area contributed by atoms with Crippen LogP contribution in [0, 0.1) is 5.82 Å². The number of halogens is 1. The molecular weight excluding hydrogens is 283 g/mol. The van der Waals surface area contributed by atoms with Crippen molar-refractivity contribution in [3.63, 3.8) is 0 Å². The Bertz CT molecular complexity index is 795. The van der Waals surface area contributed by atoms with Gasteiger partial charge in [-0.1, -0.05) is 0 Å². The molecule has 0 bridgehead atoms. The van der Waals surface area contributed by atoms with Crippen LogP contribution in [0.3, 0.4) is 0 Å². The van der Waals surface area contributed by atoms with Crippen molar-refractivity contribution in [1.29, 1.82) is 0 Å². The molecular formula is C16H15FN4O. The minimum Gasteiger partial charge on any atom is -0.477 e. The standard InChI is InChI=1S/C16H15FN4O/c17-14-7-12(10-20-4-2-18-11-20)6-13(8-14)15-9-19-21-3-1-5-22-16(15)21/h2,4,6-9,11H,1,3,5,10H2. The first-order valence-corrected chi connectivity index (χ1v) is 7.24. The molecule has 6 heteroatoms. The zero-order valence-corrected chi connectivity index (χ0v) is 11.9. The summed E-state index contributed by atoms with van der Waals surface area (Å²) in [5.74, 6) is 0.466. The molecule has 0 aliphatic carbocycles. The van der Waals surface area contributed by atoms with Gasteiger partial charge in [0.05, 0.1) is 24.7 Å². The first-order chi connectivity index (χ1) is 10.8. The van der Waals surface area contributed by atoms with Crippen LogP contribution in [0.2, 0.25) is 0 Å². The SMILES string of the molecule is Fc1cc(Cn2ccnc2)cc(-c2cnn3c2OCCC3)c1. The zero-order chi connectivity index (χ0) is 14.9. The van der Waals surface area contributed by atoms with Crippen molar-refractivity contribution >= 4 is 0 Å². The Balaban J connectivity index is 1.72. The number of aryl methyl sites for hydroxylation is 1. The maximum absolute atomic E-state index is 14.0. The lowest BCUT2D eigenvalue weighted by molar-refractivity contribution is 0.231. The van der Waals surface area contributed by atoms with E-state index in [2.05, 4.69) is 10.1 Å². The van der Waals surface area contributed by atoms with Crippen molar-refractivity contribution in [1.82, 2.24) is 19.3 Å². The van der Waals surface area contributed by atoms with Crippen LogP contribution < -0.4 is 4.74 Å². The highest BCUT2D eigenvalue weighted by molar-refractivity contribution is 5.69. The van der Waals surface area contributed by atoms with Crippen molar-refractivity contribution < 1.29 is 9.13 Å². The number of hydrogen-bond acceptors (Lipinski definition) is 3. The molecule has 0 N–H and O–H groups in total. The number of nitrogens with zero attached hydrogens (tertiary/aromatic N) is 4. The Morgan fingerprint density at radius 1 is 1.27 bits per heavy atom. The molecule has 0 atom stereocenters. The molecule has 0 saturated carbocycles. The van der Waals surface area contributed by atoms with Gasteiger partial charge < -0.3 is 9.30 Å². The number of rotatable bonds is 3. The van der Waals surface area contributed by atoms with Crippen LogP contribution in [-0.4, -0.2) is 25.9 Å². The second-order valence-corrected chi connectivity index (χ2v) is 5.37. The van der Waals surface area contributed by atoms with E-state index in [0.717, 1.165) is 35.5 Å². The molecule has 0 fully saturated rings. The number of ether oxygens (including phenoxy) is 1. The fourth-order valence-electron chi connectivity index (χ4n) is 2.76. The summed E-state index contributed by atoms with van der Waals surface area (Å²) >= 11 is 0. The average Bonchev–Trinajstić information content (AvgIpc) is 3.15. The molecule has 2 aromatic heterocycles. The second kappa shape index (κ2) is 5.29. The van der Waals surface area contributed by atoms with Gasteiger partial charge in [-0.25, -0.2) is 14.1 Å². The maximum atomic E-state index is 14.0. The molecule has 0 saturated heterocycles. The van der Waals surface area contributed by atoms with Crippen molar-refractivity contribution in [2.24, 2.45) is 0 Å². The quantitative estimate of drug-likeness (QED) is 0.747. The van der Waals surface area contributed by atoms with Gasteiger partial charge in [-0.05, 0) is 29.3 Å². The summed E-state index contributed by atoms with van der Waals surface area (Å²) in [4.78, 5) is 4.01. The summed E-state index contributed by atoms with van der Waals surface area (Å²) in [5.41, 5.74) is 2.51. The summed E-state index contributed by atoms with van der Waals surface area (Å²) in [6.07, 6.45) is 7.98. The summed E-state index contributed by atoms with van der Waals surface area (Å²) in [7, 11) is 0. The molecule has 0 radical (unpaired) electrons. The topological polar surface area (TPSA) is 44.9 Å². The summed E-state index contributed by atoms with van der Waals surface area (Å²) < 4.78 is 23.4. The summed E-state index contributed by atoms with van der Waals surface area (Å²) in [6, 6.07) is 5.03. The molecule has 0 spiro atoms. The summed E-state index contributed by atoms with van der Waals surface area (Å²) in [5, 5.41) is 4.32. The number of fused-ring (bicyclic) bond motifs is 1. The van der Waals surface area contributed by atoms with E-state index >= 15 is 0 Å². The van der Waals surface area contributed by atoms with Crippen LogP contribution in [-0.2, 0) is 13.1 Å². The van der Waals surface area contributed by atoms with E-state index in [1.54, 1.807) is 24.8 Å². The lowest BCUT2D eigenvalue weighted by atomic mass is 10.0. The maximum Gasteiger partial charge on any atom is 0.219 e. The van der Waals surface area contributed by atoms with Gasteiger partial charge >= 0.3 is 0 Å². The molecule has 0 unspecified atom stereocenters. The van der Waals surface area contributed by atoms with Crippen molar-refractivity contribution in [2.75, 3.05) is 6.61 Å². The van der Waals surface area contributed by atoms with E-state index in [1.807, 2.05) is 21.5 Å². The van der Waals surface area contributed by atoms with E-state index in [-0.39, 0.29) is 5.82 Å². The van der Waals surface area contributed by atoms with Crippen LogP contribution in [0.1, 0.15) is 12.0 Å². The number of benzene rings is 1. The van der Waals surface area contributed by atoms with Gasteiger partial charge in [0.15, 0.2) is 0 Å². The van der Waals surface area contributed by atoms with Gasteiger partial charge in [0.2, 0.25) is 5.88 Å². The highest BCUT2D eigenvalue weighted by Crippen LogP contribution is 2.33. The molecule has 3 aromatic rings. The van der Waals surface area contributed by atoms with E-state index in [9.17, 15) is 4.39 Å². The van der Waals surface area contributed by atoms with E-state index in [0.29, 0.717) is 13.2 Å². The minimum atomic E-state index is -0.261. The lowest BCUT2D eigenvalue weighted by Crippen LogP contribution is -2.14. The molecule has 1 aliphatic rings. The van der Waals surface area contributed by atoms with Crippen LogP contribution in [0.15, 0.2) is 43.1 Å². The Kier molecular flexibility index (Phi) is 3.14. The highest BCUT2D eigenvalue weighted by atomic mass is 19.1. The molecule has 1 aromatic carbocycles. The number of hydrogen-bond donors (Lipinski definition) is 0. The zero-order valence-electron chi connectivity index (χ0n) is 11.9. The Morgan fingerprint density at radius 3 is 3.09 bits per heavy atom. The van der Waals surface area contributed by atoms with Crippen LogP contribution in [0.5, 0.6) is 5.88 Å². The lowest BCUT2D eigenvalue weighted by Gasteiger charge is -2.16. The normalized spacial score (nSPS) is 13.7. The minimum absolute atomic E-state index is 0.261. The molecule has 22 heavy (non-hydrogen) atoms. The van der Waals surface area contributed by atoms with Gasteiger partial charge in [0.1, 0.15) is 5.82 Å². The highest BCUT2D eigenvalue weighted by Gasteiger charge is 2.18. The molecule has 112 valence electrons. The Labute approximate surface area is 127 Å². The van der Waals surface area contributed by atoms with Crippen LogP contribution >= 0.6 is 0 Å². The van der Waals surface area contributed by atoms with E-state index in [4.69, 9.17) is 4.74 Å². The third kappa shape index (κ3) is 2.36. The number of imidazole rings is 1. The number of aromatic nitrogens is 4. The smallest absolute Gasteiger partial charge is 0.219 e. The summed E-state index contributed by atoms with van der Waals surface area (Å²) in [6.45, 7) is 2.09. The predicted molar refractivity (Wildman–Crippen MR) is 79.1 cm³/mol. The third-order valence-corrected chi connectivity index (χ3v) is 3.74. The molecule has 4 rings (SSSR count). The van der Waals surface area contributed by atoms with Gasteiger partial charge in [-0.15, -0.1) is 0 Å². The molecule has 1 aliphatic heterocycles. The van der Waals surface area contributed by atoms with Gasteiger partial charge in [-0.2, -0.15) is 5.10 Å². The Hall–Kier alpha value is -2.63. The van der Waals surface area contributed by atoms with Crippen molar-refractivity contribution in [2.45, 2.75) is 19.5 Å². The van der Waals surface area contributed by atoms with Gasteiger partial charge in [0, 0.05) is 31.9 Å². The van der Waals surface area contributed by atoms with E-state index < -0.39 is 0 Å². The van der Waals surface area contributed by atoms with Crippen molar-refractivity contribution in [3.05, 3.63) is 54.5 Å². The fraction of sp³-hybridized carbons (Fsp3) is 0.250. The van der Waals surface area contributed by atoms with Gasteiger partial charge in [0.25, 0.3) is 0 Å². The largest absolute Gasteiger partial charge is 0.477 e. The monoisotopic (exact) mass is 298 g/mol. The molecule has 0 amide bonds. The Morgan fingerprint density at radius 2 is 2.23 bits per heavy atom. The second-order valence-electron chi connectivity index (χ2n) is 5.37. The molecule has 3 heterocycles. The molecule has 5 nitrogen and oxygen atoms in total.